The van der Waals surface area contributed by atoms with Crippen LogP contribution in [0.5, 0.6) is 11.5 Å². The molecule has 0 unspecified atom stereocenters. The molecule has 1 heterocycles. The van der Waals surface area contributed by atoms with Gasteiger partial charge in [0, 0.05) is 5.56 Å². The van der Waals surface area contributed by atoms with Gasteiger partial charge in [-0.05, 0) is 36.8 Å². The highest BCUT2D eigenvalue weighted by molar-refractivity contribution is 7.71. The van der Waals surface area contributed by atoms with Crippen LogP contribution in [0, 0.1) is 4.77 Å². The number of aromatic amines is 1. The second-order valence-corrected chi connectivity index (χ2v) is 5.69. The molecule has 0 saturated heterocycles. The van der Waals surface area contributed by atoms with Crippen molar-refractivity contribution in [2.45, 2.75) is 13.5 Å². The molecule has 0 aliphatic carbocycles. The molecule has 0 fully saturated rings. The molecule has 6 nitrogen and oxygen atoms in total. The van der Waals surface area contributed by atoms with Crippen LogP contribution >= 0.6 is 12.2 Å². The molecule has 7 heteroatoms. The van der Waals surface area contributed by atoms with Gasteiger partial charge in [0.15, 0.2) is 17.3 Å². The van der Waals surface area contributed by atoms with Crippen molar-refractivity contribution >= 4 is 12.2 Å². The maximum atomic E-state index is 5.62. The van der Waals surface area contributed by atoms with Gasteiger partial charge in [-0.3, -0.25) is 0 Å². The molecule has 2 N–H and O–H groups in total. The van der Waals surface area contributed by atoms with Crippen LogP contribution in [0.4, 0.5) is 0 Å². The van der Waals surface area contributed by atoms with Crippen molar-refractivity contribution in [1.82, 2.24) is 14.9 Å². The van der Waals surface area contributed by atoms with E-state index in [4.69, 9.17) is 21.7 Å². The number of methoxy groups -OCH3 is 1. The lowest BCUT2D eigenvalue weighted by molar-refractivity contribution is 0.310. The van der Waals surface area contributed by atoms with E-state index >= 15 is 0 Å². The molecule has 3 aromatic rings. The summed E-state index contributed by atoms with van der Waals surface area (Å²) in [5.74, 6) is 2.18. The Kier molecular flexibility index (Phi) is 5.35. The van der Waals surface area contributed by atoms with Crippen LogP contribution in [0.1, 0.15) is 12.5 Å². The average molecular weight is 356 g/mol. The molecular weight excluding hydrogens is 336 g/mol. The van der Waals surface area contributed by atoms with Crippen molar-refractivity contribution in [3.63, 3.8) is 0 Å². The number of nitrogens with zero attached hydrogens (tertiary/aromatic N) is 2. The third kappa shape index (κ3) is 3.83. The summed E-state index contributed by atoms with van der Waals surface area (Å²) in [5, 5.41) is 7.14. The monoisotopic (exact) mass is 356 g/mol. The quantitative estimate of drug-likeness (QED) is 0.631. The summed E-state index contributed by atoms with van der Waals surface area (Å²) in [6.07, 6.45) is 0. The first-order valence-corrected chi connectivity index (χ1v) is 8.40. The maximum Gasteiger partial charge on any atom is 0.214 e. The number of H-pyrrole nitrogens is 1. The van der Waals surface area contributed by atoms with Crippen LogP contribution in [0.2, 0.25) is 0 Å². The minimum absolute atomic E-state index is 0.511. The highest BCUT2D eigenvalue weighted by Crippen LogP contribution is 2.28. The fraction of sp³-hybridized carbons (Fsp3) is 0.222. The van der Waals surface area contributed by atoms with Crippen molar-refractivity contribution in [3.8, 4) is 22.9 Å². The molecule has 130 valence electrons. The van der Waals surface area contributed by atoms with Gasteiger partial charge in [0.2, 0.25) is 4.77 Å². The van der Waals surface area contributed by atoms with Crippen molar-refractivity contribution in [2.24, 2.45) is 0 Å². The number of aromatic nitrogens is 3. The number of nitrogens with one attached hydrogen (secondary N) is 2. The van der Waals surface area contributed by atoms with Crippen LogP contribution in [0.25, 0.3) is 11.4 Å². The third-order valence-electron chi connectivity index (χ3n) is 3.67. The maximum absolute atomic E-state index is 5.62. The first-order chi connectivity index (χ1) is 12.2. The smallest absolute Gasteiger partial charge is 0.214 e. The van der Waals surface area contributed by atoms with Crippen LogP contribution < -0.4 is 14.9 Å². The normalized spacial score (nSPS) is 10.5. The van der Waals surface area contributed by atoms with Crippen LogP contribution in [0.3, 0.4) is 0 Å². The van der Waals surface area contributed by atoms with E-state index in [9.17, 15) is 0 Å². The minimum atomic E-state index is 0.511. The summed E-state index contributed by atoms with van der Waals surface area (Å²) in [6.45, 7) is 3.09. The molecule has 3 rings (SSSR count). The molecule has 25 heavy (non-hydrogen) atoms. The Morgan fingerprint density at radius 3 is 2.68 bits per heavy atom. The zero-order valence-corrected chi connectivity index (χ0v) is 15.0. The summed E-state index contributed by atoms with van der Waals surface area (Å²) in [5.41, 5.74) is 5.33. The summed E-state index contributed by atoms with van der Waals surface area (Å²) in [7, 11) is 1.63. The van der Waals surface area contributed by atoms with E-state index in [1.54, 1.807) is 11.8 Å². The largest absolute Gasteiger partial charge is 0.493 e. The first-order valence-electron chi connectivity index (χ1n) is 7.99. The second-order valence-electron chi connectivity index (χ2n) is 5.31. The summed E-state index contributed by atoms with van der Waals surface area (Å²) in [4.78, 5) is 0. The Morgan fingerprint density at radius 1 is 1.16 bits per heavy atom. The van der Waals surface area contributed by atoms with Crippen LogP contribution in [0.15, 0.2) is 48.5 Å². The summed E-state index contributed by atoms with van der Waals surface area (Å²) < 4.78 is 13.2. The van der Waals surface area contributed by atoms with E-state index in [2.05, 4.69) is 15.6 Å². The Morgan fingerprint density at radius 2 is 1.96 bits per heavy atom. The van der Waals surface area contributed by atoms with E-state index < -0.39 is 0 Å². The number of hydrogen-bond acceptors (Lipinski definition) is 5. The predicted octanol–water partition coefficient (Wildman–Crippen LogP) is 3.76. The van der Waals surface area contributed by atoms with E-state index in [1.165, 1.54) is 0 Å². The van der Waals surface area contributed by atoms with Gasteiger partial charge in [-0.25, -0.2) is 9.77 Å². The molecule has 0 bridgehead atoms. The van der Waals surface area contributed by atoms with Crippen molar-refractivity contribution in [2.75, 3.05) is 19.1 Å². The van der Waals surface area contributed by atoms with Gasteiger partial charge in [0.05, 0.1) is 20.3 Å². The lowest BCUT2D eigenvalue weighted by Gasteiger charge is -2.13. The number of benzene rings is 2. The van der Waals surface area contributed by atoms with Crippen molar-refractivity contribution in [3.05, 3.63) is 58.9 Å². The van der Waals surface area contributed by atoms with Gasteiger partial charge in [-0.1, -0.05) is 36.4 Å². The van der Waals surface area contributed by atoms with Gasteiger partial charge < -0.3 is 14.9 Å². The van der Waals surface area contributed by atoms with Gasteiger partial charge in [0.1, 0.15) is 0 Å². The van der Waals surface area contributed by atoms with Gasteiger partial charge in [-0.15, -0.1) is 0 Å². The highest BCUT2D eigenvalue weighted by Gasteiger charge is 2.09. The minimum Gasteiger partial charge on any atom is -0.493 e. The average Bonchev–Trinajstić information content (AvgIpc) is 3.02. The second kappa shape index (κ2) is 7.85. The molecule has 0 spiro atoms. The lowest BCUT2D eigenvalue weighted by Crippen LogP contribution is -2.16. The van der Waals surface area contributed by atoms with Crippen molar-refractivity contribution < 1.29 is 9.47 Å². The Hall–Kier alpha value is -2.80. The number of hydrogen-bond donors (Lipinski definition) is 2. The molecule has 1 aromatic heterocycles. The van der Waals surface area contributed by atoms with E-state index in [1.807, 2.05) is 55.5 Å². The highest BCUT2D eigenvalue weighted by atomic mass is 32.1. The van der Waals surface area contributed by atoms with Crippen LogP contribution in [-0.4, -0.2) is 28.6 Å². The van der Waals surface area contributed by atoms with E-state index in [0.29, 0.717) is 17.9 Å². The molecular formula is C18H20N4O2S. The van der Waals surface area contributed by atoms with Crippen molar-refractivity contribution in [1.29, 1.82) is 0 Å². The van der Waals surface area contributed by atoms with Gasteiger partial charge in [-0.2, -0.15) is 5.10 Å². The number of rotatable bonds is 7. The molecule has 0 saturated carbocycles. The Balaban J connectivity index is 1.82. The summed E-state index contributed by atoms with van der Waals surface area (Å²) in [6, 6.07) is 15.7. The van der Waals surface area contributed by atoms with Gasteiger partial charge >= 0.3 is 0 Å². The predicted molar refractivity (Wildman–Crippen MR) is 100 cm³/mol. The standard InChI is InChI=1S/C18H20N4O2S/c1-3-24-16-11-13(9-10-15(16)23-2)12-19-22-17(20-21-18(22)25)14-7-5-4-6-8-14/h4-11,19H,3,12H2,1-2H3,(H,21,25). The third-order valence-corrected chi connectivity index (χ3v) is 3.95. The molecule has 0 aliphatic heterocycles. The zero-order valence-electron chi connectivity index (χ0n) is 14.2. The molecule has 0 atom stereocenters. The fourth-order valence-corrected chi connectivity index (χ4v) is 2.69. The van der Waals surface area contributed by atoms with E-state index in [-0.39, 0.29) is 0 Å². The molecule has 0 amide bonds. The molecule has 2 aromatic carbocycles. The lowest BCUT2D eigenvalue weighted by atomic mass is 10.2. The molecule has 0 radical (unpaired) electrons. The SMILES string of the molecule is CCOc1cc(CNn2c(-c3ccccc3)n[nH]c2=S)ccc1OC. The van der Waals surface area contributed by atoms with Gasteiger partial charge in [0.25, 0.3) is 0 Å². The van der Waals surface area contributed by atoms with Crippen LogP contribution in [-0.2, 0) is 6.54 Å². The van der Waals surface area contributed by atoms with E-state index in [0.717, 1.165) is 28.5 Å². The fourth-order valence-electron chi connectivity index (χ4n) is 2.49. The first kappa shape index (κ1) is 17.0. The topological polar surface area (TPSA) is 64.1 Å². The number of ether oxygens (including phenoxy) is 2. The Labute approximate surface area is 151 Å². The Bertz CT molecular complexity index is 890. The summed E-state index contributed by atoms with van der Waals surface area (Å²) >= 11 is 5.33. The molecule has 0 aliphatic rings. The zero-order chi connectivity index (χ0) is 17.6.